The maximum Gasteiger partial charge on any atom is 0.187 e. The van der Waals surface area contributed by atoms with E-state index in [-0.39, 0.29) is 6.42 Å². The van der Waals surface area contributed by atoms with Gasteiger partial charge in [0.1, 0.15) is 36.6 Å². The summed E-state index contributed by atoms with van der Waals surface area (Å²) >= 11 is 0. The standard InChI is InChI=1S/C12H20O8/c13-4-7-9(16)10(17)11(18)12(20-7)19-6-3-1-2-5(14)8(6)15/h1,3,5-18H,2,4H2. The lowest BCUT2D eigenvalue weighted by Crippen LogP contribution is -2.60. The molecule has 0 aromatic heterocycles. The van der Waals surface area contributed by atoms with Crippen molar-refractivity contribution < 1.29 is 40.1 Å². The van der Waals surface area contributed by atoms with Crippen molar-refractivity contribution in [2.24, 2.45) is 0 Å². The van der Waals surface area contributed by atoms with E-state index in [9.17, 15) is 25.5 Å². The number of ether oxygens (including phenoxy) is 2. The van der Waals surface area contributed by atoms with Crippen LogP contribution in [0, 0.1) is 0 Å². The van der Waals surface area contributed by atoms with Crippen LogP contribution in [0.2, 0.25) is 0 Å². The summed E-state index contributed by atoms with van der Waals surface area (Å²) in [5.74, 6) is 0. The Hall–Kier alpha value is -0.580. The van der Waals surface area contributed by atoms with Crippen LogP contribution in [-0.2, 0) is 9.47 Å². The molecule has 0 bridgehead atoms. The summed E-state index contributed by atoms with van der Waals surface area (Å²) in [5.41, 5.74) is 0. The fraction of sp³-hybridized carbons (Fsp3) is 0.833. The molecule has 0 aromatic carbocycles. The molecule has 8 nitrogen and oxygen atoms in total. The second-order valence-electron chi connectivity index (χ2n) is 5.02. The van der Waals surface area contributed by atoms with Crippen LogP contribution >= 0.6 is 0 Å². The molecule has 2 rings (SSSR count). The number of rotatable bonds is 3. The van der Waals surface area contributed by atoms with E-state index in [2.05, 4.69) is 0 Å². The van der Waals surface area contributed by atoms with Gasteiger partial charge in [0.2, 0.25) is 0 Å². The second-order valence-corrected chi connectivity index (χ2v) is 5.02. The first-order valence-electron chi connectivity index (χ1n) is 6.44. The summed E-state index contributed by atoms with van der Waals surface area (Å²) in [7, 11) is 0. The van der Waals surface area contributed by atoms with Gasteiger partial charge in [0.05, 0.1) is 12.7 Å². The average Bonchev–Trinajstić information content (AvgIpc) is 2.44. The predicted octanol–water partition coefficient (Wildman–Crippen LogP) is -3.15. The van der Waals surface area contributed by atoms with Crippen LogP contribution in [-0.4, -0.2) is 86.3 Å². The van der Waals surface area contributed by atoms with E-state index < -0.39 is 55.6 Å². The Morgan fingerprint density at radius 3 is 2.35 bits per heavy atom. The SMILES string of the molecule is OCC1OC(OC2C=CCC(O)C2O)C(O)C(O)C1O. The predicted molar refractivity (Wildman–Crippen MR) is 64.4 cm³/mol. The van der Waals surface area contributed by atoms with Gasteiger partial charge in [0.25, 0.3) is 0 Å². The molecular weight excluding hydrogens is 272 g/mol. The first-order chi connectivity index (χ1) is 9.45. The van der Waals surface area contributed by atoms with Crippen LogP contribution in [0.1, 0.15) is 6.42 Å². The Morgan fingerprint density at radius 2 is 1.70 bits per heavy atom. The third kappa shape index (κ3) is 3.02. The van der Waals surface area contributed by atoms with Crippen LogP contribution in [0.5, 0.6) is 0 Å². The van der Waals surface area contributed by atoms with Gasteiger partial charge < -0.3 is 40.1 Å². The molecule has 1 aliphatic carbocycles. The normalized spacial score (nSPS) is 49.3. The van der Waals surface area contributed by atoms with Gasteiger partial charge in [-0.25, -0.2) is 0 Å². The third-order valence-electron chi connectivity index (χ3n) is 3.57. The van der Waals surface area contributed by atoms with Crippen LogP contribution in [0.4, 0.5) is 0 Å². The maximum atomic E-state index is 9.79. The van der Waals surface area contributed by atoms with Gasteiger partial charge in [-0.05, 0) is 6.42 Å². The summed E-state index contributed by atoms with van der Waals surface area (Å²) in [6.45, 7) is -0.559. The molecule has 2 aliphatic rings. The molecule has 0 spiro atoms. The Bertz CT molecular complexity index is 346. The zero-order valence-corrected chi connectivity index (χ0v) is 10.7. The molecule has 0 amide bonds. The van der Waals surface area contributed by atoms with Gasteiger partial charge in [-0.1, -0.05) is 12.2 Å². The molecule has 8 atom stereocenters. The molecular formula is C12H20O8. The van der Waals surface area contributed by atoms with Gasteiger partial charge in [-0.15, -0.1) is 0 Å². The lowest BCUT2D eigenvalue weighted by atomic mass is 9.97. The molecule has 1 heterocycles. The Kier molecular flexibility index (Phi) is 5.10. The van der Waals surface area contributed by atoms with Crippen LogP contribution in [0.15, 0.2) is 12.2 Å². The second kappa shape index (κ2) is 6.46. The highest BCUT2D eigenvalue weighted by molar-refractivity contribution is 5.03. The summed E-state index contributed by atoms with van der Waals surface area (Å²) in [4.78, 5) is 0. The van der Waals surface area contributed by atoms with Crippen molar-refractivity contribution in [3.8, 4) is 0 Å². The number of hydrogen-bond donors (Lipinski definition) is 6. The van der Waals surface area contributed by atoms with Crippen LogP contribution in [0.25, 0.3) is 0 Å². The van der Waals surface area contributed by atoms with Crippen molar-refractivity contribution in [2.45, 2.75) is 55.4 Å². The smallest absolute Gasteiger partial charge is 0.187 e. The first kappa shape index (κ1) is 15.8. The Morgan fingerprint density at radius 1 is 1.00 bits per heavy atom. The molecule has 1 saturated heterocycles. The van der Waals surface area contributed by atoms with Crippen LogP contribution in [0.3, 0.4) is 0 Å². The third-order valence-corrected chi connectivity index (χ3v) is 3.57. The highest BCUT2D eigenvalue weighted by atomic mass is 16.7. The monoisotopic (exact) mass is 292 g/mol. The largest absolute Gasteiger partial charge is 0.394 e. The highest BCUT2D eigenvalue weighted by Crippen LogP contribution is 2.25. The highest BCUT2D eigenvalue weighted by Gasteiger charge is 2.45. The number of aliphatic hydroxyl groups excluding tert-OH is 6. The van der Waals surface area contributed by atoms with E-state index in [1.165, 1.54) is 6.08 Å². The van der Waals surface area contributed by atoms with Crippen molar-refractivity contribution in [3.05, 3.63) is 12.2 Å². The minimum Gasteiger partial charge on any atom is -0.394 e. The van der Waals surface area contributed by atoms with Crippen LogP contribution < -0.4 is 0 Å². The van der Waals surface area contributed by atoms with Gasteiger partial charge in [0.15, 0.2) is 6.29 Å². The molecule has 0 aromatic rings. The Labute approximate surface area is 115 Å². The fourth-order valence-corrected chi connectivity index (χ4v) is 2.28. The first-order valence-corrected chi connectivity index (χ1v) is 6.44. The fourth-order valence-electron chi connectivity index (χ4n) is 2.28. The van der Waals surface area contributed by atoms with Crippen molar-refractivity contribution in [3.63, 3.8) is 0 Å². The molecule has 6 N–H and O–H groups in total. The van der Waals surface area contributed by atoms with E-state index in [1.54, 1.807) is 6.08 Å². The van der Waals surface area contributed by atoms with Gasteiger partial charge in [-0.2, -0.15) is 0 Å². The van der Waals surface area contributed by atoms with E-state index in [0.717, 1.165) is 0 Å². The van der Waals surface area contributed by atoms with E-state index in [0.29, 0.717) is 0 Å². The van der Waals surface area contributed by atoms with Gasteiger partial charge in [0, 0.05) is 0 Å². The zero-order chi connectivity index (χ0) is 14.9. The zero-order valence-electron chi connectivity index (χ0n) is 10.7. The minimum absolute atomic E-state index is 0.287. The molecule has 8 unspecified atom stereocenters. The van der Waals surface area contributed by atoms with Gasteiger partial charge in [-0.3, -0.25) is 0 Å². The average molecular weight is 292 g/mol. The van der Waals surface area contributed by atoms with E-state index in [1.807, 2.05) is 0 Å². The van der Waals surface area contributed by atoms with E-state index in [4.69, 9.17) is 14.6 Å². The molecule has 1 aliphatic heterocycles. The van der Waals surface area contributed by atoms with Crippen molar-refractivity contribution in [1.29, 1.82) is 0 Å². The summed E-state index contributed by atoms with van der Waals surface area (Å²) in [5, 5.41) is 57.4. The van der Waals surface area contributed by atoms with Gasteiger partial charge >= 0.3 is 0 Å². The molecule has 0 saturated carbocycles. The van der Waals surface area contributed by atoms with Crippen molar-refractivity contribution in [1.82, 2.24) is 0 Å². The lowest BCUT2D eigenvalue weighted by molar-refractivity contribution is -0.314. The molecule has 20 heavy (non-hydrogen) atoms. The number of aliphatic hydroxyl groups is 6. The quantitative estimate of drug-likeness (QED) is 0.300. The summed E-state index contributed by atoms with van der Waals surface area (Å²) in [6, 6.07) is 0. The van der Waals surface area contributed by atoms with Crippen molar-refractivity contribution >= 4 is 0 Å². The van der Waals surface area contributed by atoms with E-state index >= 15 is 0 Å². The molecule has 8 heteroatoms. The minimum atomic E-state index is -1.54. The van der Waals surface area contributed by atoms with Crippen molar-refractivity contribution in [2.75, 3.05) is 6.61 Å². The number of hydrogen-bond acceptors (Lipinski definition) is 8. The topological polar surface area (TPSA) is 140 Å². The summed E-state index contributed by atoms with van der Waals surface area (Å²) in [6.07, 6.45) is -6.63. The molecule has 116 valence electrons. The lowest BCUT2D eigenvalue weighted by Gasteiger charge is -2.41. The molecule has 0 radical (unpaired) electrons. The maximum absolute atomic E-state index is 9.79. The Balaban J connectivity index is 2.04. The molecule has 1 fully saturated rings. The summed E-state index contributed by atoms with van der Waals surface area (Å²) < 4.78 is 10.5.